The molecule has 3 aromatic heterocycles. The number of fused-ring (bicyclic) bond motifs is 1. The van der Waals surface area contributed by atoms with Crippen LogP contribution in [0.5, 0.6) is 0 Å². The summed E-state index contributed by atoms with van der Waals surface area (Å²) in [5, 5.41) is 3.04. The highest BCUT2D eigenvalue weighted by atomic mass is 15.2. The minimum Gasteiger partial charge on any atom is -0.371 e. The Balaban J connectivity index is 0.000000847. The maximum atomic E-state index is 4.65. The van der Waals surface area contributed by atoms with Crippen molar-refractivity contribution in [1.82, 2.24) is 29.5 Å². The molecule has 0 aliphatic carbocycles. The summed E-state index contributed by atoms with van der Waals surface area (Å²) >= 11 is 0. The molecule has 0 atom stereocenters. The summed E-state index contributed by atoms with van der Waals surface area (Å²) in [6.07, 6.45) is 5.10. The Kier molecular flexibility index (Phi) is 4.98. The summed E-state index contributed by atoms with van der Waals surface area (Å²) < 4.78 is 2.03. The van der Waals surface area contributed by atoms with Gasteiger partial charge in [0.25, 0.3) is 0 Å². The number of nitrogens with zero attached hydrogens (tertiary/aromatic N) is 6. The van der Waals surface area contributed by atoms with Crippen molar-refractivity contribution in [3.8, 4) is 11.4 Å². The minimum atomic E-state index is 0.719. The lowest BCUT2D eigenvalue weighted by molar-refractivity contribution is 0.785. The van der Waals surface area contributed by atoms with Gasteiger partial charge in [-0.05, 0) is 13.8 Å². The van der Waals surface area contributed by atoms with Gasteiger partial charge in [0.05, 0.1) is 5.56 Å². The number of hydrogen-bond donors (Lipinski definition) is 1. The average molecular weight is 299 g/mol. The van der Waals surface area contributed by atoms with Crippen molar-refractivity contribution in [2.75, 3.05) is 12.4 Å². The first-order chi connectivity index (χ1) is 10.7. The molecule has 0 bridgehead atoms. The first kappa shape index (κ1) is 15.8. The Bertz CT molecular complexity index is 746. The van der Waals surface area contributed by atoms with Crippen LogP contribution in [0.1, 0.15) is 26.6 Å². The fourth-order valence-electron chi connectivity index (χ4n) is 2.15. The molecule has 3 heterocycles. The van der Waals surface area contributed by atoms with E-state index in [1.165, 1.54) is 6.33 Å². The van der Waals surface area contributed by atoms with Gasteiger partial charge in [-0.3, -0.25) is 0 Å². The van der Waals surface area contributed by atoms with Crippen LogP contribution in [-0.4, -0.2) is 36.5 Å². The van der Waals surface area contributed by atoms with Gasteiger partial charge in [-0.2, -0.15) is 0 Å². The highest BCUT2D eigenvalue weighted by Gasteiger charge is 2.16. The topological polar surface area (TPSA) is 81.4 Å². The normalized spacial score (nSPS) is 10.2. The summed E-state index contributed by atoms with van der Waals surface area (Å²) in [5.41, 5.74) is 2.44. The van der Waals surface area contributed by atoms with Crippen LogP contribution in [0.2, 0.25) is 0 Å². The molecule has 116 valence electrons. The number of anilines is 1. The smallest absolute Gasteiger partial charge is 0.165 e. The molecular weight excluding hydrogens is 278 g/mol. The molecule has 0 spiro atoms. The molecule has 0 saturated heterocycles. The summed E-state index contributed by atoms with van der Waals surface area (Å²) in [6, 6.07) is 0. The van der Waals surface area contributed by atoms with Gasteiger partial charge in [-0.25, -0.2) is 24.9 Å². The van der Waals surface area contributed by atoms with Crippen molar-refractivity contribution in [3.63, 3.8) is 0 Å². The zero-order chi connectivity index (χ0) is 16.1. The zero-order valence-electron chi connectivity index (χ0n) is 13.6. The molecule has 7 heteroatoms. The van der Waals surface area contributed by atoms with Gasteiger partial charge in [0.2, 0.25) is 0 Å². The molecule has 3 aromatic rings. The molecule has 0 aliphatic heterocycles. The highest BCUT2D eigenvalue weighted by Crippen LogP contribution is 2.25. The molecule has 22 heavy (non-hydrogen) atoms. The maximum absolute atomic E-state index is 4.65. The second-order valence-corrected chi connectivity index (χ2v) is 4.34. The lowest BCUT2D eigenvalue weighted by Gasteiger charge is -2.04. The van der Waals surface area contributed by atoms with E-state index in [1.54, 1.807) is 12.4 Å². The van der Waals surface area contributed by atoms with Gasteiger partial charge in [-0.15, -0.1) is 0 Å². The van der Waals surface area contributed by atoms with Gasteiger partial charge >= 0.3 is 0 Å². The predicted molar refractivity (Wildman–Crippen MR) is 87.7 cm³/mol. The Morgan fingerprint density at radius 1 is 1.09 bits per heavy atom. The first-order valence-corrected chi connectivity index (χ1v) is 7.42. The summed E-state index contributed by atoms with van der Waals surface area (Å²) in [5.74, 6) is 2.26. The molecule has 0 amide bonds. The van der Waals surface area contributed by atoms with Gasteiger partial charge in [0, 0.05) is 26.0 Å². The van der Waals surface area contributed by atoms with Crippen LogP contribution in [0.15, 0.2) is 18.7 Å². The monoisotopic (exact) mass is 299 g/mol. The minimum absolute atomic E-state index is 0.719. The van der Waals surface area contributed by atoms with E-state index in [4.69, 9.17) is 0 Å². The third kappa shape index (κ3) is 2.74. The van der Waals surface area contributed by atoms with E-state index in [-0.39, 0.29) is 0 Å². The van der Waals surface area contributed by atoms with Crippen molar-refractivity contribution in [3.05, 3.63) is 24.5 Å². The van der Waals surface area contributed by atoms with Gasteiger partial charge in [-0.1, -0.05) is 13.8 Å². The number of hydrogen-bond acceptors (Lipinski definition) is 6. The van der Waals surface area contributed by atoms with Crippen molar-refractivity contribution in [2.45, 2.75) is 34.2 Å². The second-order valence-electron chi connectivity index (χ2n) is 4.34. The lowest BCUT2D eigenvalue weighted by atomic mass is 10.3. The predicted octanol–water partition coefficient (Wildman–Crippen LogP) is 2.68. The van der Waals surface area contributed by atoms with Crippen LogP contribution in [0.25, 0.3) is 22.6 Å². The van der Waals surface area contributed by atoms with Gasteiger partial charge in [0.15, 0.2) is 17.0 Å². The van der Waals surface area contributed by atoms with E-state index in [2.05, 4.69) is 37.2 Å². The van der Waals surface area contributed by atoms with Crippen molar-refractivity contribution in [1.29, 1.82) is 0 Å². The highest BCUT2D eigenvalue weighted by molar-refractivity contribution is 5.86. The van der Waals surface area contributed by atoms with Crippen molar-refractivity contribution < 1.29 is 0 Å². The quantitative estimate of drug-likeness (QED) is 0.800. The Hall–Kier alpha value is -2.57. The third-order valence-corrected chi connectivity index (χ3v) is 3.12. The number of nitrogens with one attached hydrogen (secondary N) is 1. The molecule has 0 aromatic carbocycles. The lowest BCUT2D eigenvalue weighted by Crippen LogP contribution is -2.00. The molecule has 0 fully saturated rings. The van der Waals surface area contributed by atoms with Crippen LogP contribution < -0.4 is 5.32 Å². The molecule has 0 saturated carbocycles. The van der Waals surface area contributed by atoms with Crippen LogP contribution >= 0.6 is 0 Å². The number of aromatic nitrogens is 6. The summed E-state index contributed by atoms with van der Waals surface area (Å²) in [6.45, 7) is 8.68. The Labute approximate surface area is 129 Å². The summed E-state index contributed by atoms with van der Waals surface area (Å²) in [7, 11) is 1.82. The molecule has 3 rings (SSSR count). The fourth-order valence-corrected chi connectivity index (χ4v) is 2.15. The SMILES string of the molecule is CC.CCn1c(-c2cnc(C)nc2)nc2c(NC)ncnc21. The third-order valence-electron chi connectivity index (χ3n) is 3.12. The van der Waals surface area contributed by atoms with E-state index in [9.17, 15) is 0 Å². The van der Waals surface area contributed by atoms with Gasteiger partial charge in [0.1, 0.15) is 18.0 Å². The summed E-state index contributed by atoms with van der Waals surface area (Å²) in [4.78, 5) is 21.6. The Morgan fingerprint density at radius 3 is 2.36 bits per heavy atom. The van der Waals surface area contributed by atoms with Gasteiger partial charge < -0.3 is 9.88 Å². The van der Waals surface area contributed by atoms with Crippen LogP contribution in [0, 0.1) is 6.92 Å². The molecular formula is C15H21N7. The maximum Gasteiger partial charge on any atom is 0.165 e. The van der Waals surface area contributed by atoms with E-state index in [0.717, 1.165) is 40.7 Å². The van der Waals surface area contributed by atoms with Crippen LogP contribution in [0.3, 0.4) is 0 Å². The number of aryl methyl sites for hydroxylation is 2. The molecule has 0 unspecified atom stereocenters. The van der Waals surface area contributed by atoms with Crippen LogP contribution in [0.4, 0.5) is 5.82 Å². The number of rotatable bonds is 3. The van der Waals surface area contributed by atoms with E-state index in [0.29, 0.717) is 0 Å². The van der Waals surface area contributed by atoms with E-state index in [1.807, 2.05) is 32.4 Å². The fraction of sp³-hybridized carbons (Fsp3) is 0.400. The van der Waals surface area contributed by atoms with Crippen LogP contribution in [-0.2, 0) is 6.54 Å². The molecule has 7 nitrogen and oxygen atoms in total. The van der Waals surface area contributed by atoms with Crippen molar-refractivity contribution >= 4 is 17.0 Å². The average Bonchev–Trinajstić information content (AvgIpc) is 2.95. The second kappa shape index (κ2) is 6.93. The van der Waals surface area contributed by atoms with E-state index < -0.39 is 0 Å². The molecule has 0 radical (unpaired) electrons. The zero-order valence-corrected chi connectivity index (χ0v) is 13.6. The molecule has 1 N–H and O–H groups in total. The first-order valence-electron chi connectivity index (χ1n) is 7.42. The largest absolute Gasteiger partial charge is 0.371 e. The standard InChI is InChI=1S/C13H15N7.C2H6/c1-4-20-12(9-5-15-8(2)16-6-9)19-10-11(14-3)17-7-18-13(10)20;1-2/h5-7H,4H2,1-3H3,(H,14,17,18);1-2H3. The number of imidazole rings is 1. The van der Waals surface area contributed by atoms with Crippen molar-refractivity contribution in [2.24, 2.45) is 0 Å². The Morgan fingerprint density at radius 2 is 1.77 bits per heavy atom. The molecule has 0 aliphatic rings. The van der Waals surface area contributed by atoms with E-state index >= 15 is 0 Å².